The van der Waals surface area contributed by atoms with E-state index in [1.807, 2.05) is 6.07 Å². The Morgan fingerprint density at radius 1 is 1.70 bits per heavy atom. The van der Waals surface area contributed by atoms with Gasteiger partial charge in [0.25, 0.3) is 0 Å². The summed E-state index contributed by atoms with van der Waals surface area (Å²) in [7, 11) is 2.80. The third kappa shape index (κ3) is 1.83. The molecule has 0 bridgehead atoms. The fraction of sp³-hybridized carbons (Fsp3) is 0.286. The first-order chi connectivity index (χ1) is 4.74. The van der Waals surface area contributed by atoms with Crippen molar-refractivity contribution in [1.29, 1.82) is 5.26 Å². The molecule has 10 heavy (non-hydrogen) atoms. The lowest BCUT2D eigenvalue weighted by atomic mass is 10.0. The summed E-state index contributed by atoms with van der Waals surface area (Å²) in [6.07, 6.45) is 3.46. The molecule has 0 fully saturated rings. The maximum atomic E-state index is 8.58. The molecular weight excluding hydrogens is 142 g/mol. The molecule has 1 atom stereocenters. The summed E-state index contributed by atoms with van der Waals surface area (Å²) in [4.78, 5) is 0. The third-order valence-corrected chi connectivity index (χ3v) is 1.51. The number of hydrogen-bond acceptors (Lipinski definition) is 2. The molecule has 0 aliphatic rings. The van der Waals surface area contributed by atoms with Crippen LogP contribution in [-0.4, -0.2) is 16.1 Å². The lowest BCUT2D eigenvalue weighted by Gasteiger charge is -2.18. The van der Waals surface area contributed by atoms with Gasteiger partial charge in [-0.15, -0.1) is 6.58 Å². The van der Waals surface area contributed by atoms with Gasteiger partial charge in [0.15, 0.2) is 5.60 Å². The summed E-state index contributed by atoms with van der Waals surface area (Å²) in [6, 6.07) is 1.96. The highest BCUT2D eigenvalue weighted by Gasteiger charge is 2.22. The summed E-state index contributed by atoms with van der Waals surface area (Å²) in [6.45, 7) is 6.96. The van der Waals surface area contributed by atoms with Crippen molar-refractivity contribution in [3.63, 3.8) is 0 Å². The minimum atomic E-state index is -0.960. The molecule has 0 aliphatic heterocycles. The Balaban J connectivity index is 4.33. The van der Waals surface area contributed by atoms with Crippen LogP contribution < -0.4 is 0 Å². The van der Waals surface area contributed by atoms with E-state index in [2.05, 4.69) is 23.6 Å². The second kappa shape index (κ2) is 4.04. The van der Waals surface area contributed by atoms with E-state index in [0.717, 1.165) is 0 Å². The summed E-state index contributed by atoms with van der Waals surface area (Å²) >= 11 is 0. The topological polar surface area (TPSA) is 33.0 Å². The lowest BCUT2D eigenvalue weighted by Crippen LogP contribution is -2.25. The number of nitriles is 1. The van der Waals surface area contributed by atoms with Crippen LogP contribution in [0.1, 0.15) is 6.42 Å². The first-order valence-corrected chi connectivity index (χ1v) is 3.16. The Kier molecular flexibility index (Phi) is 3.70. The third-order valence-electron chi connectivity index (χ3n) is 1.15. The van der Waals surface area contributed by atoms with E-state index in [0.29, 0.717) is 6.42 Å². The molecule has 0 heterocycles. The smallest absolute Gasteiger partial charge is 0.248 e. The Morgan fingerprint density at radius 2 is 2.30 bits per heavy atom. The van der Waals surface area contributed by atoms with Crippen molar-refractivity contribution in [1.82, 2.24) is 0 Å². The van der Waals surface area contributed by atoms with E-state index < -0.39 is 5.60 Å². The average molecular weight is 150 g/mol. The summed E-state index contributed by atoms with van der Waals surface area (Å²) in [5, 5.41) is 8.58. The molecule has 0 aliphatic carbocycles. The minimum absolute atomic E-state index is 0.427. The van der Waals surface area contributed by atoms with Gasteiger partial charge in [0.1, 0.15) is 6.07 Å². The van der Waals surface area contributed by atoms with Crippen LogP contribution in [0.2, 0.25) is 0 Å². The molecule has 0 aromatic carbocycles. The SMILES string of the molecule is C=CCC(C#N)(C=C)O[Si]. The van der Waals surface area contributed by atoms with Gasteiger partial charge in [0.2, 0.25) is 10.5 Å². The first-order valence-electron chi connectivity index (χ1n) is 2.75. The molecule has 0 saturated heterocycles. The van der Waals surface area contributed by atoms with Gasteiger partial charge >= 0.3 is 0 Å². The fourth-order valence-electron chi connectivity index (χ4n) is 0.495. The zero-order chi connectivity index (χ0) is 8.04. The van der Waals surface area contributed by atoms with Gasteiger partial charge in [0.05, 0.1) is 0 Å². The highest BCUT2D eigenvalue weighted by molar-refractivity contribution is 5.98. The van der Waals surface area contributed by atoms with Crippen molar-refractivity contribution in [3.05, 3.63) is 25.3 Å². The Hall–Kier alpha value is -0.853. The van der Waals surface area contributed by atoms with Crippen molar-refractivity contribution in [3.8, 4) is 6.07 Å². The van der Waals surface area contributed by atoms with E-state index in [4.69, 9.17) is 9.69 Å². The van der Waals surface area contributed by atoms with Gasteiger partial charge in [-0.05, 0) is 6.08 Å². The maximum Gasteiger partial charge on any atom is 0.248 e. The lowest BCUT2D eigenvalue weighted by molar-refractivity contribution is 0.202. The fourth-order valence-corrected chi connectivity index (χ4v) is 0.708. The van der Waals surface area contributed by atoms with E-state index in [1.54, 1.807) is 6.08 Å². The monoisotopic (exact) mass is 150 g/mol. The van der Waals surface area contributed by atoms with Gasteiger partial charge in [-0.2, -0.15) is 5.26 Å². The van der Waals surface area contributed by atoms with Crippen molar-refractivity contribution in [2.24, 2.45) is 0 Å². The molecule has 1 unspecified atom stereocenters. The average Bonchev–Trinajstić information content (AvgIpc) is 2.01. The van der Waals surface area contributed by atoms with Crippen molar-refractivity contribution < 1.29 is 4.43 Å². The number of hydrogen-bond donors (Lipinski definition) is 0. The Labute approximate surface area is 64.4 Å². The summed E-state index contributed by atoms with van der Waals surface area (Å²) in [5.41, 5.74) is -0.960. The van der Waals surface area contributed by atoms with E-state index in [1.165, 1.54) is 6.08 Å². The zero-order valence-electron chi connectivity index (χ0n) is 5.63. The normalized spacial score (nSPS) is 14.8. The molecule has 51 valence electrons. The predicted molar refractivity (Wildman–Crippen MR) is 40.2 cm³/mol. The zero-order valence-corrected chi connectivity index (χ0v) is 6.63. The van der Waals surface area contributed by atoms with Crippen LogP contribution in [0, 0.1) is 11.3 Å². The van der Waals surface area contributed by atoms with Gasteiger partial charge in [-0.25, -0.2) is 0 Å². The molecule has 3 radical (unpaired) electrons. The van der Waals surface area contributed by atoms with Crippen LogP contribution in [0.3, 0.4) is 0 Å². The standard InChI is InChI=1S/C7H8NOSi/c1-3-5-7(4-2,6-8)9-10/h3-4H,1-2,5H2. The van der Waals surface area contributed by atoms with Gasteiger partial charge in [0, 0.05) is 6.42 Å². The first kappa shape index (κ1) is 9.15. The highest BCUT2D eigenvalue weighted by atomic mass is 28.2. The Bertz CT molecular complexity index is 173. The molecule has 0 N–H and O–H groups in total. The molecule has 0 amide bonds. The van der Waals surface area contributed by atoms with E-state index in [9.17, 15) is 0 Å². The highest BCUT2D eigenvalue weighted by Crippen LogP contribution is 2.14. The molecule has 0 aromatic rings. The van der Waals surface area contributed by atoms with Crippen LogP contribution in [0.5, 0.6) is 0 Å². The van der Waals surface area contributed by atoms with Crippen LogP contribution in [0.15, 0.2) is 25.3 Å². The second-order valence-corrected chi connectivity index (χ2v) is 2.00. The van der Waals surface area contributed by atoms with Crippen LogP contribution >= 0.6 is 0 Å². The van der Waals surface area contributed by atoms with Gasteiger partial charge < -0.3 is 4.43 Å². The molecule has 0 aromatic heterocycles. The van der Waals surface area contributed by atoms with Crippen molar-refractivity contribution in [2.45, 2.75) is 12.0 Å². The summed E-state index contributed by atoms with van der Waals surface area (Å²) < 4.78 is 4.73. The Morgan fingerprint density at radius 3 is 2.40 bits per heavy atom. The van der Waals surface area contributed by atoms with Crippen molar-refractivity contribution >= 4 is 10.5 Å². The predicted octanol–water partition coefficient (Wildman–Crippen LogP) is 1.11. The van der Waals surface area contributed by atoms with Crippen LogP contribution in [-0.2, 0) is 4.43 Å². The second-order valence-electron chi connectivity index (χ2n) is 1.80. The van der Waals surface area contributed by atoms with E-state index in [-0.39, 0.29) is 0 Å². The largest absolute Gasteiger partial charge is 0.398 e. The molecule has 0 spiro atoms. The quantitative estimate of drug-likeness (QED) is 0.444. The molecule has 3 heteroatoms. The minimum Gasteiger partial charge on any atom is -0.398 e. The van der Waals surface area contributed by atoms with Crippen molar-refractivity contribution in [2.75, 3.05) is 0 Å². The molecule has 0 rings (SSSR count). The molecule has 2 nitrogen and oxygen atoms in total. The van der Waals surface area contributed by atoms with Crippen LogP contribution in [0.4, 0.5) is 0 Å². The van der Waals surface area contributed by atoms with E-state index >= 15 is 0 Å². The van der Waals surface area contributed by atoms with Gasteiger partial charge in [-0.1, -0.05) is 12.7 Å². The number of rotatable bonds is 4. The molecule has 0 saturated carbocycles. The number of nitrogens with zero attached hydrogens (tertiary/aromatic N) is 1. The maximum absolute atomic E-state index is 8.58. The summed E-state index contributed by atoms with van der Waals surface area (Å²) in [5.74, 6) is 0. The van der Waals surface area contributed by atoms with Gasteiger partial charge in [-0.3, -0.25) is 0 Å². The van der Waals surface area contributed by atoms with Crippen LogP contribution in [0.25, 0.3) is 0 Å². The molecular formula is C7H8NOSi.